The zero-order valence-corrected chi connectivity index (χ0v) is 15.8. The SMILES string of the molecule is NNC(O)CN1CCN(c2cc3c(cc2F)c(=O)c(C(=O)O)cn3C2CC2)CC1. The van der Waals surface area contributed by atoms with E-state index < -0.39 is 23.4 Å². The van der Waals surface area contributed by atoms with Crippen LogP contribution in [0.5, 0.6) is 0 Å². The number of aliphatic hydroxyl groups is 1. The van der Waals surface area contributed by atoms with Gasteiger partial charge in [-0.05, 0) is 25.0 Å². The maximum Gasteiger partial charge on any atom is 0.341 e. The molecule has 1 aromatic heterocycles. The Morgan fingerprint density at radius 2 is 1.97 bits per heavy atom. The number of carboxylic acid groups (broad SMARTS) is 1. The van der Waals surface area contributed by atoms with Crippen LogP contribution in [0.2, 0.25) is 0 Å². The van der Waals surface area contributed by atoms with E-state index in [-0.39, 0.29) is 17.0 Å². The van der Waals surface area contributed by atoms with E-state index in [4.69, 9.17) is 5.84 Å². The number of hydrogen-bond donors (Lipinski definition) is 4. The smallest absolute Gasteiger partial charge is 0.341 e. The second kappa shape index (κ2) is 7.71. The summed E-state index contributed by atoms with van der Waals surface area (Å²) in [5.41, 5.74) is 2.25. The van der Waals surface area contributed by atoms with Crippen molar-refractivity contribution in [2.24, 2.45) is 5.84 Å². The number of halogens is 1. The third-order valence-electron chi connectivity index (χ3n) is 5.61. The lowest BCUT2D eigenvalue weighted by atomic mass is 10.1. The van der Waals surface area contributed by atoms with E-state index in [9.17, 15) is 24.2 Å². The van der Waals surface area contributed by atoms with Gasteiger partial charge in [0.1, 0.15) is 17.6 Å². The van der Waals surface area contributed by atoms with Crippen LogP contribution in [0.4, 0.5) is 10.1 Å². The van der Waals surface area contributed by atoms with Crippen LogP contribution < -0.4 is 21.6 Å². The van der Waals surface area contributed by atoms with Crippen molar-refractivity contribution >= 4 is 22.6 Å². The van der Waals surface area contributed by atoms with Crippen LogP contribution in [0.1, 0.15) is 29.2 Å². The van der Waals surface area contributed by atoms with Gasteiger partial charge in [-0.3, -0.25) is 15.5 Å². The van der Waals surface area contributed by atoms with E-state index in [1.54, 1.807) is 10.6 Å². The van der Waals surface area contributed by atoms with Crippen LogP contribution >= 0.6 is 0 Å². The number of carboxylic acids is 1. The number of hydrogen-bond acceptors (Lipinski definition) is 7. The summed E-state index contributed by atoms with van der Waals surface area (Å²) in [7, 11) is 0. The van der Waals surface area contributed by atoms with E-state index >= 15 is 0 Å². The molecule has 2 aromatic rings. The lowest BCUT2D eigenvalue weighted by Gasteiger charge is -2.37. The zero-order valence-electron chi connectivity index (χ0n) is 15.8. The van der Waals surface area contributed by atoms with Crippen molar-refractivity contribution < 1.29 is 19.4 Å². The second-order valence-corrected chi connectivity index (χ2v) is 7.61. The summed E-state index contributed by atoms with van der Waals surface area (Å²) in [4.78, 5) is 27.9. The van der Waals surface area contributed by atoms with Crippen LogP contribution in [0, 0.1) is 5.82 Å². The van der Waals surface area contributed by atoms with Crippen LogP contribution in [-0.2, 0) is 0 Å². The molecule has 1 saturated heterocycles. The summed E-state index contributed by atoms with van der Waals surface area (Å²) in [6.45, 7) is 2.75. The van der Waals surface area contributed by atoms with Crippen molar-refractivity contribution in [3.05, 3.63) is 39.9 Å². The Morgan fingerprint density at radius 1 is 1.28 bits per heavy atom. The third-order valence-corrected chi connectivity index (χ3v) is 5.61. The van der Waals surface area contributed by atoms with Gasteiger partial charge in [-0.25, -0.2) is 14.6 Å². The number of hydrazine groups is 1. The fourth-order valence-electron chi connectivity index (χ4n) is 3.88. The molecule has 5 N–H and O–H groups in total. The Morgan fingerprint density at radius 3 is 2.55 bits per heavy atom. The minimum absolute atomic E-state index is 0.0915. The minimum Gasteiger partial charge on any atom is -0.477 e. The number of benzene rings is 1. The number of β-amino-alcohol motifs (C(OH)–C–C–N with tert-alkyl or cyclic N) is 1. The molecular weight excluding hydrogens is 381 g/mol. The molecule has 1 saturated carbocycles. The maximum absolute atomic E-state index is 14.9. The van der Waals surface area contributed by atoms with Crippen molar-refractivity contribution in [2.45, 2.75) is 25.1 Å². The number of aromatic nitrogens is 1. The lowest BCUT2D eigenvalue weighted by molar-refractivity contribution is 0.0694. The molecule has 0 radical (unpaired) electrons. The monoisotopic (exact) mass is 405 g/mol. The molecule has 2 aliphatic rings. The highest BCUT2D eigenvalue weighted by atomic mass is 19.1. The molecule has 2 heterocycles. The Bertz CT molecular complexity index is 998. The van der Waals surface area contributed by atoms with Crippen molar-refractivity contribution in [3.8, 4) is 0 Å². The molecule has 1 aliphatic carbocycles. The number of aromatic carboxylic acids is 1. The van der Waals surface area contributed by atoms with Gasteiger partial charge in [0.25, 0.3) is 0 Å². The van der Waals surface area contributed by atoms with E-state index in [1.807, 2.05) is 9.80 Å². The van der Waals surface area contributed by atoms with Gasteiger partial charge in [-0.15, -0.1) is 0 Å². The average molecular weight is 405 g/mol. The first-order valence-corrected chi connectivity index (χ1v) is 9.62. The first-order valence-electron chi connectivity index (χ1n) is 9.62. The summed E-state index contributed by atoms with van der Waals surface area (Å²) in [5.74, 6) is 3.36. The highest BCUT2D eigenvalue weighted by Gasteiger charge is 2.28. The summed E-state index contributed by atoms with van der Waals surface area (Å²) < 4.78 is 16.7. The first kappa shape index (κ1) is 19.8. The average Bonchev–Trinajstić information content (AvgIpc) is 3.54. The van der Waals surface area contributed by atoms with Crippen LogP contribution in [0.15, 0.2) is 23.1 Å². The zero-order chi connectivity index (χ0) is 20.7. The van der Waals surface area contributed by atoms with Crippen LogP contribution in [-0.4, -0.2) is 64.6 Å². The van der Waals surface area contributed by atoms with E-state index in [2.05, 4.69) is 5.43 Å². The Hall–Kier alpha value is -2.53. The summed E-state index contributed by atoms with van der Waals surface area (Å²) >= 11 is 0. The van der Waals surface area contributed by atoms with Crippen molar-refractivity contribution in [3.63, 3.8) is 0 Å². The molecular formula is C19H24FN5O4. The van der Waals surface area contributed by atoms with Gasteiger partial charge >= 0.3 is 5.97 Å². The number of rotatable bonds is 6. The highest BCUT2D eigenvalue weighted by molar-refractivity contribution is 5.93. The predicted octanol–water partition coefficient (Wildman–Crippen LogP) is 0.0774. The number of nitrogens with one attached hydrogen (secondary N) is 1. The van der Waals surface area contributed by atoms with Gasteiger partial charge in [-0.1, -0.05) is 0 Å². The number of aliphatic hydroxyl groups excluding tert-OH is 1. The Labute approximate surface area is 166 Å². The topological polar surface area (TPSA) is 124 Å². The molecule has 156 valence electrons. The van der Waals surface area contributed by atoms with Gasteiger partial charge in [-0.2, -0.15) is 0 Å². The fourth-order valence-corrected chi connectivity index (χ4v) is 3.88. The number of fused-ring (bicyclic) bond motifs is 1. The second-order valence-electron chi connectivity index (χ2n) is 7.61. The molecule has 4 rings (SSSR count). The highest BCUT2D eigenvalue weighted by Crippen LogP contribution is 2.38. The molecule has 1 aliphatic heterocycles. The van der Waals surface area contributed by atoms with Crippen LogP contribution in [0.3, 0.4) is 0 Å². The number of anilines is 1. The fraction of sp³-hybridized carbons (Fsp3) is 0.474. The van der Waals surface area contributed by atoms with Crippen molar-refractivity contribution in [2.75, 3.05) is 37.6 Å². The number of nitrogens with two attached hydrogens (primary N) is 1. The summed E-state index contributed by atoms with van der Waals surface area (Å²) in [6, 6.07) is 2.95. The standard InChI is InChI=1S/C19H24FN5O4/c20-14-7-12-15(25(11-1-2-11)9-13(18(12)27)19(28)29)8-16(14)24-5-3-23(4-6-24)10-17(26)22-21/h7-9,11,17,22,26H,1-6,10,21H2,(H,28,29). The molecule has 2 fully saturated rings. The molecule has 1 atom stereocenters. The minimum atomic E-state index is -1.30. The Kier molecular flexibility index (Phi) is 5.26. The molecule has 10 heteroatoms. The number of piperazine rings is 1. The number of nitrogens with zero attached hydrogens (tertiary/aromatic N) is 3. The van der Waals surface area contributed by atoms with E-state index in [0.29, 0.717) is 43.9 Å². The van der Waals surface area contributed by atoms with Gasteiger partial charge < -0.3 is 19.7 Å². The van der Waals surface area contributed by atoms with Gasteiger partial charge in [0.15, 0.2) is 0 Å². The lowest BCUT2D eigenvalue weighted by Crippen LogP contribution is -2.52. The van der Waals surface area contributed by atoms with Gasteiger partial charge in [0, 0.05) is 50.3 Å². The molecule has 9 nitrogen and oxygen atoms in total. The quantitative estimate of drug-likeness (QED) is 0.303. The Balaban J connectivity index is 1.67. The van der Waals surface area contributed by atoms with Gasteiger partial charge in [0.05, 0.1) is 11.2 Å². The summed E-state index contributed by atoms with van der Waals surface area (Å²) in [6.07, 6.45) is 2.36. The predicted molar refractivity (Wildman–Crippen MR) is 105 cm³/mol. The van der Waals surface area contributed by atoms with E-state index in [0.717, 1.165) is 18.9 Å². The van der Waals surface area contributed by atoms with Gasteiger partial charge in [0.2, 0.25) is 5.43 Å². The van der Waals surface area contributed by atoms with E-state index in [1.165, 1.54) is 6.20 Å². The molecule has 0 amide bonds. The summed E-state index contributed by atoms with van der Waals surface area (Å²) in [5, 5.41) is 19.0. The maximum atomic E-state index is 14.9. The molecule has 29 heavy (non-hydrogen) atoms. The first-order chi connectivity index (χ1) is 13.9. The number of carbonyl (C=O) groups is 1. The number of pyridine rings is 1. The third kappa shape index (κ3) is 3.84. The molecule has 0 bridgehead atoms. The van der Waals surface area contributed by atoms with Crippen molar-refractivity contribution in [1.29, 1.82) is 0 Å². The van der Waals surface area contributed by atoms with Crippen molar-refractivity contribution in [1.82, 2.24) is 14.9 Å². The van der Waals surface area contributed by atoms with Crippen LogP contribution in [0.25, 0.3) is 10.9 Å². The largest absolute Gasteiger partial charge is 0.477 e. The normalized spacial score (nSPS) is 18.9. The molecule has 1 unspecified atom stereocenters. The molecule has 1 aromatic carbocycles. The molecule has 0 spiro atoms.